The van der Waals surface area contributed by atoms with Crippen LogP contribution in [-0.4, -0.2) is 49.3 Å². The van der Waals surface area contributed by atoms with E-state index in [1.165, 1.54) is 14.7 Å². The second-order valence-corrected chi connectivity index (χ2v) is 12.7. The van der Waals surface area contributed by atoms with Gasteiger partial charge < -0.3 is 9.64 Å². The summed E-state index contributed by atoms with van der Waals surface area (Å²) >= 11 is 1.70. The summed E-state index contributed by atoms with van der Waals surface area (Å²) in [6.07, 6.45) is 2.34. The maximum Gasteiger partial charge on any atom is 0.243 e. The number of fused-ring (bicyclic) bond motifs is 1. The molecule has 1 saturated carbocycles. The number of sulfonamides is 1. The van der Waals surface area contributed by atoms with Crippen LogP contribution >= 0.6 is 11.3 Å². The predicted molar refractivity (Wildman–Crippen MR) is 142 cm³/mol. The second kappa shape index (κ2) is 10.00. The molecule has 1 amide bonds. The molecule has 1 aromatic heterocycles. The minimum absolute atomic E-state index is 0.119. The maximum absolute atomic E-state index is 13.7. The van der Waals surface area contributed by atoms with Crippen molar-refractivity contribution in [1.29, 1.82) is 0 Å². The molecule has 0 saturated heterocycles. The van der Waals surface area contributed by atoms with E-state index in [2.05, 4.69) is 17.5 Å². The Morgan fingerprint density at radius 1 is 1.06 bits per heavy atom. The molecule has 8 heteroatoms. The van der Waals surface area contributed by atoms with Crippen LogP contribution in [0.5, 0.6) is 5.75 Å². The highest BCUT2D eigenvalue weighted by molar-refractivity contribution is 7.89. The average molecular weight is 525 g/mol. The van der Waals surface area contributed by atoms with Crippen LogP contribution in [0.15, 0.2) is 58.8 Å². The van der Waals surface area contributed by atoms with Crippen LogP contribution in [0.2, 0.25) is 0 Å². The van der Waals surface area contributed by atoms with Crippen LogP contribution in [0.4, 0.5) is 0 Å². The molecule has 6 nitrogen and oxygen atoms in total. The van der Waals surface area contributed by atoms with Gasteiger partial charge in [-0.25, -0.2) is 8.42 Å². The molecule has 190 valence electrons. The fourth-order valence-corrected chi connectivity index (χ4v) is 7.41. The first-order valence-corrected chi connectivity index (χ1v) is 14.7. The van der Waals surface area contributed by atoms with Crippen molar-refractivity contribution < 1.29 is 17.9 Å². The number of ether oxygens (including phenoxy) is 1. The van der Waals surface area contributed by atoms with Gasteiger partial charge in [-0.1, -0.05) is 35.4 Å². The molecule has 1 fully saturated rings. The van der Waals surface area contributed by atoms with Crippen molar-refractivity contribution in [3.63, 3.8) is 0 Å². The summed E-state index contributed by atoms with van der Waals surface area (Å²) in [4.78, 5) is 17.0. The van der Waals surface area contributed by atoms with Crippen molar-refractivity contribution in [2.24, 2.45) is 0 Å². The van der Waals surface area contributed by atoms with E-state index < -0.39 is 10.0 Å². The average Bonchev–Trinajstić information content (AvgIpc) is 3.57. The van der Waals surface area contributed by atoms with Gasteiger partial charge >= 0.3 is 0 Å². The lowest BCUT2D eigenvalue weighted by Gasteiger charge is -2.37. The van der Waals surface area contributed by atoms with Crippen molar-refractivity contribution in [3.05, 3.63) is 81.0 Å². The third-order valence-corrected chi connectivity index (χ3v) is 9.92. The molecule has 0 spiro atoms. The summed E-state index contributed by atoms with van der Waals surface area (Å²) in [5.41, 5.74) is 4.32. The van der Waals surface area contributed by atoms with E-state index in [1.807, 2.05) is 37.8 Å². The summed E-state index contributed by atoms with van der Waals surface area (Å²) in [5, 5.41) is 2.06. The van der Waals surface area contributed by atoms with Crippen LogP contribution in [0.1, 0.15) is 46.0 Å². The van der Waals surface area contributed by atoms with Crippen molar-refractivity contribution in [1.82, 2.24) is 9.21 Å². The van der Waals surface area contributed by atoms with Crippen molar-refractivity contribution in [2.45, 2.75) is 57.0 Å². The predicted octanol–water partition coefficient (Wildman–Crippen LogP) is 5.03. The SMILES string of the molecule is Cc1ccc(S(=O)(=O)N(CC(=O)N2CCc3sccc3C2COc2ccc(C)cc2C)C2CC2)cc1. The number of hydrogen-bond acceptors (Lipinski definition) is 5. The summed E-state index contributed by atoms with van der Waals surface area (Å²) in [6.45, 7) is 6.72. The van der Waals surface area contributed by atoms with Crippen LogP contribution in [0.25, 0.3) is 0 Å². The number of amides is 1. The molecule has 2 aromatic carbocycles. The number of thiophene rings is 1. The van der Waals surface area contributed by atoms with E-state index in [4.69, 9.17) is 4.74 Å². The Labute approximate surface area is 217 Å². The Balaban J connectivity index is 1.38. The highest BCUT2D eigenvalue weighted by Gasteiger charge is 2.41. The zero-order valence-electron chi connectivity index (χ0n) is 20.9. The summed E-state index contributed by atoms with van der Waals surface area (Å²) < 4.78 is 34.6. The number of nitrogens with zero attached hydrogens (tertiary/aromatic N) is 2. The third-order valence-electron chi connectivity index (χ3n) is 7.02. The third kappa shape index (κ3) is 5.08. The van der Waals surface area contributed by atoms with Crippen LogP contribution in [0, 0.1) is 20.8 Å². The molecule has 1 atom stereocenters. The Hall–Kier alpha value is -2.68. The highest BCUT2D eigenvalue weighted by atomic mass is 32.2. The topological polar surface area (TPSA) is 66.9 Å². The fraction of sp³-hybridized carbons (Fsp3) is 0.393. The van der Waals surface area contributed by atoms with E-state index in [0.29, 0.717) is 13.2 Å². The van der Waals surface area contributed by atoms with Gasteiger partial charge in [0.15, 0.2) is 0 Å². The normalized spacial score (nSPS) is 17.8. The molecule has 1 aliphatic heterocycles. The highest BCUT2D eigenvalue weighted by Crippen LogP contribution is 2.36. The number of hydrogen-bond donors (Lipinski definition) is 0. The second-order valence-electron chi connectivity index (χ2n) is 9.83. The van der Waals surface area contributed by atoms with Gasteiger partial charge in [0, 0.05) is 17.5 Å². The lowest BCUT2D eigenvalue weighted by molar-refractivity contribution is -0.135. The number of rotatable bonds is 8. The maximum atomic E-state index is 13.7. The molecule has 0 N–H and O–H groups in total. The van der Waals surface area contributed by atoms with Gasteiger partial charge in [0.25, 0.3) is 0 Å². The van der Waals surface area contributed by atoms with Gasteiger partial charge in [0.2, 0.25) is 15.9 Å². The first-order chi connectivity index (χ1) is 17.2. The molecule has 5 rings (SSSR count). The molecule has 1 unspecified atom stereocenters. The molecular weight excluding hydrogens is 492 g/mol. The number of benzene rings is 2. The molecule has 0 radical (unpaired) electrons. The van der Waals surface area contributed by atoms with Crippen LogP contribution in [0.3, 0.4) is 0 Å². The Morgan fingerprint density at radius 2 is 1.78 bits per heavy atom. The molecule has 3 aromatic rings. The number of carbonyl (C=O) groups excluding carboxylic acids is 1. The number of aryl methyl sites for hydroxylation is 3. The van der Waals surface area contributed by atoms with E-state index in [1.54, 1.807) is 35.6 Å². The zero-order chi connectivity index (χ0) is 25.4. The fourth-order valence-electron chi connectivity index (χ4n) is 4.85. The Kier molecular flexibility index (Phi) is 6.94. The summed E-state index contributed by atoms with van der Waals surface area (Å²) in [5.74, 6) is 0.626. The van der Waals surface area contributed by atoms with Crippen molar-refractivity contribution >= 4 is 27.3 Å². The first-order valence-electron chi connectivity index (χ1n) is 12.4. The zero-order valence-corrected chi connectivity index (χ0v) is 22.6. The van der Waals surface area contributed by atoms with E-state index in [-0.39, 0.29) is 29.4 Å². The molecule has 1 aliphatic carbocycles. The van der Waals surface area contributed by atoms with Crippen molar-refractivity contribution in [3.8, 4) is 5.75 Å². The van der Waals surface area contributed by atoms with Gasteiger partial charge in [-0.05, 0) is 80.8 Å². The van der Waals surface area contributed by atoms with Crippen LogP contribution < -0.4 is 4.74 Å². The van der Waals surface area contributed by atoms with E-state index in [9.17, 15) is 13.2 Å². The van der Waals surface area contributed by atoms with Gasteiger partial charge in [0.1, 0.15) is 12.4 Å². The summed E-state index contributed by atoms with van der Waals surface area (Å²) in [7, 11) is -3.76. The van der Waals surface area contributed by atoms with Gasteiger partial charge in [0.05, 0.1) is 17.5 Å². The molecule has 2 heterocycles. The van der Waals surface area contributed by atoms with Crippen molar-refractivity contribution in [2.75, 3.05) is 19.7 Å². The Bertz CT molecular complexity index is 1360. The van der Waals surface area contributed by atoms with E-state index in [0.717, 1.165) is 41.7 Å². The smallest absolute Gasteiger partial charge is 0.243 e. The Morgan fingerprint density at radius 3 is 2.47 bits per heavy atom. The quantitative estimate of drug-likeness (QED) is 0.415. The molecule has 36 heavy (non-hydrogen) atoms. The number of carbonyl (C=O) groups is 1. The lowest BCUT2D eigenvalue weighted by Crippen LogP contribution is -2.48. The molecule has 2 aliphatic rings. The van der Waals surface area contributed by atoms with E-state index >= 15 is 0 Å². The molecular formula is C28H32N2O4S2. The first kappa shape index (κ1) is 25.0. The molecule has 0 bridgehead atoms. The minimum Gasteiger partial charge on any atom is -0.491 e. The largest absolute Gasteiger partial charge is 0.491 e. The summed E-state index contributed by atoms with van der Waals surface area (Å²) in [6, 6.07) is 14.6. The van der Waals surface area contributed by atoms with Crippen LogP contribution in [-0.2, 0) is 21.2 Å². The standard InChI is InChI=1S/C28H32N2O4S2/c1-19-4-9-23(10-5-19)36(32,33)30(22-7-8-22)17-28(31)29-14-12-27-24(13-15-35-27)25(29)18-34-26-11-6-20(2)16-21(26)3/h4-6,9-11,13,15-16,22,25H,7-8,12,14,17-18H2,1-3H3. The lowest BCUT2D eigenvalue weighted by atomic mass is 10.0. The van der Waals surface area contributed by atoms with Gasteiger partial charge in [-0.2, -0.15) is 4.31 Å². The monoisotopic (exact) mass is 524 g/mol. The minimum atomic E-state index is -3.76. The van der Waals surface area contributed by atoms with Gasteiger partial charge in [-0.15, -0.1) is 11.3 Å². The van der Waals surface area contributed by atoms with Gasteiger partial charge in [-0.3, -0.25) is 4.79 Å².